The summed E-state index contributed by atoms with van der Waals surface area (Å²) in [5, 5.41) is 6.61. The summed E-state index contributed by atoms with van der Waals surface area (Å²) in [6.45, 7) is 7.03. The van der Waals surface area contributed by atoms with Crippen LogP contribution in [0.4, 0.5) is 0 Å². The largest absolute Gasteiger partial charge is 0.341 e. The second-order valence-electron chi connectivity index (χ2n) is 6.30. The molecule has 122 valence electrons. The van der Waals surface area contributed by atoms with E-state index in [-0.39, 0.29) is 23.4 Å². The van der Waals surface area contributed by atoms with E-state index in [9.17, 15) is 9.59 Å². The Morgan fingerprint density at radius 1 is 1.36 bits per heavy atom. The molecule has 1 aliphatic heterocycles. The molecular formula is C15H25N5O2. The molecule has 1 saturated heterocycles. The van der Waals surface area contributed by atoms with E-state index in [1.165, 1.54) is 0 Å². The van der Waals surface area contributed by atoms with Gasteiger partial charge in [-0.05, 0) is 38.5 Å². The van der Waals surface area contributed by atoms with Gasteiger partial charge in [-0.2, -0.15) is 5.10 Å². The highest BCUT2D eigenvalue weighted by molar-refractivity contribution is 5.92. The molecule has 1 unspecified atom stereocenters. The molecule has 2 heterocycles. The molecule has 1 aromatic rings. The Bertz CT molecular complexity index is 532. The zero-order chi connectivity index (χ0) is 16.3. The van der Waals surface area contributed by atoms with Crippen molar-refractivity contribution in [3.8, 4) is 0 Å². The van der Waals surface area contributed by atoms with Gasteiger partial charge in [-0.25, -0.2) is 4.98 Å². The average molecular weight is 307 g/mol. The van der Waals surface area contributed by atoms with Crippen LogP contribution >= 0.6 is 0 Å². The van der Waals surface area contributed by atoms with Gasteiger partial charge in [0.1, 0.15) is 5.82 Å². The fourth-order valence-electron chi connectivity index (χ4n) is 2.99. The Morgan fingerprint density at radius 2 is 2.00 bits per heavy atom. The number of carbonyl (C=O) groups is 2. The molecule has 7 nitrogen and oxygen atoms in total. The van der Waals surface area contributed by atoms with Gasteiger partial charge in [0.2, 0.25) is 17.5 Å². The molecule has 1 fully saturated rings. The minimum atomic E-state index is -0.440. The highest BCUT2D eigenvalue weighted by atomic mass is 16.2. The van der Waals surface area contributed by atoms with E-state index >= 15 is 0 Å². The predicted octanol–water partition coefficient (Wildman–Crippen LogP) is 0.908. The molecule has 22 heavy (non-hydrogen) atoms. The van der Waals surface area contributed by atoms with Gasteiger partial charge in [0.25, 0.3) is 0 Å². The lowest BCUT2D eigenvalue weighted by atomic mass is 9.82. The number of Topliss-reactive ketones (excluding diaryl/α,β-unsaturated/α-hetero) is 1. The molecule has 1 aliphatic rings. The summed E-state index contributed by atoms with van der Waals surface area (Å²) in [6.07, 6.45) is 2.28. The maximum absolute atomic E-state index is 12.1. The van der Waals surface area contributed by atoms with Crippen LogP contribution in [-0.4, -0.2) is 50.9 Å². The Balaban J connectivity index is 1.83. The van der Waals surface area contributed by atoms with Crippen molar-refractivity contribution < 1.29 is 9.59 Å². The van der Waals surface area contributed by atoms with Crippen LogP contribution in [0.1, 0.15) is 49.6 Å². The highest BCUT2D eigenvalue weighted by Gasteiger charge is 2.29. The molecule has 0 aromatic carbocycles. The summed E-state index contributed by atoms with van der Waals surface area (Å²) in [7, 11) is 0. The Hall–Kier alpha value is -1.76. The van der Waals surface area contributed by atoms with Crippen molar-refractivity contribution in [2.24, 2.45) is 17.6 Å². The number of nitrogens with two attached hydrogens (primary N) is 1. The van der Waals surface area contributed by atoms with Crippen LogP contribution in [0.5, 0.6) is 0 Å². The quantitative estimate of drug-likeness (QED) is 0.787. The SMILES string of the molecule is Cc1nc(C(=O)CC(C)C2CCN(C(=O)[C@H](C)N)CC2)n[nH]1. The Morgan fingerprint density at radius 3 is 2.50 bits per heavy atom. The monoisotopic (exact) mass is 307 g/mol. The van der Waals surface area contributed by atoms with E-state index in [1.807, 2.05) is 4.90 Å². The van der Waals surface area contributed by atoms with Crippen LogP contribution < -0.4 is 5.73 Å². The fraction of sp³-hybridized carbons (Fsp3) is 0.733. The molecule has 2 rings (SSSR count). The maximum atomic E-state index is 12.1. The second-order valence-corrected chi connectivity index (χ2v) is 6.30. The van der Waals surface area contributed by atoms with Crippen molar-refractivity contribution in [1.82, 2.24) is 20.1 Å². The molecule has 1 amide bonds. The lowest BCUT2D eigenvalue weighted by Gasteiger charge is -2.35. The van der Waals surface area contributed by atoms with Crippen molar-refractivity contribution in [2.75, 3.05) is 13.1 Å². The predicted molar refractivity (Wildman–Crippen MR) is 82.2 cm³/mol. The van der Waals surface area contributed by atoms with E-state index in [4.69, 9.17) is 5.73 Å². The van der Waals surface area contributed by atoms with Crippen molar-refractivity contribution >= 4 is 11.7 Å². The van der Waals surface area contributed by atoms with Crippen LogP contribution in [0, 0.1) is 18.8 Å². The smallest absolute Gasteiger partial charge is 0.239 e. The molecule has 0 saturated carbocycles. The number of hydrogen-bond acceptors (Lipinski definition) is 5. The minimum Gasteiger partial charge on any atom is -0.341 e. The standard InChI is InChI=1S/C15H25N5O2/c1-9(8-13(21)14-17-11(3)18-19-14)12-4-6-20(7-5-12)15(22)10(2)16/h9-10,12H,4-8,16H2,1-3H3,(H,17,18,19)/t9?,10-/m0/s1. The third kappa shape index (κ3) is 3.91. The summed E-state index contributed by atoms with van der Waals surface area (Å²) < 4.78 is 0. The number of carbonyl (C=O) groups excluding carboxylic acids is 2. The topological polar surface area (TPSA) is 105 Å². The van der Waals surface area contributed by atoms with Crippen LogP contribution in [-0.2, 0) is 4.79 Å². The van der Waals surface area contributed by atoms with Crippen LogP contribution in [0.3, 0.4) is 0 Å². The summed E-state index contributed by atoms with van der Waals surface area (Å²) in [5.41, 5.74) is 5.64. The number of nitrogens with zero attached hydrogens (tertiary/aromatic N) is 3. The number of piperidine rings is 1. The van der Waals surface area contributed by atoms with Crippen molar-refractivity contribution in [1.29, 1.82) is 0 Å². The highest BCUT2D eigenvalue weighted by Crippen LogP contribution is 2.28. The third-order valence-corrected chi connectivity index (χ3v) is 4.40. The second kappa shape index (κ2) is 7.00. The summed E-state index contributed by atoms with van der Waals surface area (Å²) >= 11 is 0. The maximum Gasteiger partial charge on any atom is 0.239 e. The summed E-state index contributed by atoms with van der Waals surface area (Å²) in [4.78, 5) is 29.9. The van der Waals surface area contributed by atoms with Gasteiger partial charge < -0.3 is 10.6 Å². The minimum absolute atomic E-state index is 0.0124. The average Bonchev–Trinajstić information content (AvgIpc) is 2.93. The third-order valence-electron chi connectivity index (χ3n) is 4.40. The van der Waals surface area contributed by atoms with E-state index in [2.05, 4.69) is 22.1 Å². The number of aryl methyl sites for hydroxylation is 1. The zero-order valence-electron chi connectivity index (χ0n) is 13.5. The van der Waals surface area contributed by atoms with Crippen LogP contribution in [0.25, 0.3) is 0 Å². The van der Waals surface area contributed by atoms with Crippen molar-refractivity contribution in [3.63, 3.8) is 0 Å². The first-order chi connectivity index (χ1) is 10.4. The number of aromatic nitrogens is 3. The van der Waals surface area contributed by atoms with Gasteiger partial charge in [-0.15, -0.1) is 0 Å². The fourth-order valence-corrected chi connectivity index (χ4v) is 2.99. The lowest BCUT2D eigenvalue weighted by Crippen LogP contribution is -2.46. The van der Waals surface area contributed by atoms with E-state index in [0.717, 1.165) is 25.9 Å². The first kappa shape index (κ1) is 16.6. The van der Waals surface area contributed by atoms with Crippen LogP contribution in [0.2, 0.25) is 0 Å². The number of H-pyrrole nitrogens is 1. The number of amides is 1. The zero-order valence-corrected chi connectivity index (χ0v) is 13.5. The van der Waals surface area contributed by atoms with E-state index in [0.29, 0.717) is 18.2 Å². The first-order valence-corrected chi connectivity index (χ1v) is 7.85. The molecule has 1 aromatic heterocycles. The van der Waals surface area contributed by atoms with E-state index in [1.54, 1.807) is 13.8 Å². The molecule has 0 radical (unpaired) electrons. The summed E-state index contributed by atoms with van der Waals surface area (Å²) in [5.74, 6) is 1.62. The number of ketones is 1. The molecule has 0 bridgehead atoms. The van der Waals surface area contributed by atoms with Crippen LogP contribution in [0.15, 0.2) is 0 Å². The molecule has 7 heteroatoms. The molecular weight excluding hydrogens is 282 g/mol. The molecule has 0 spiro atoms. The molecule has 0 aliphatic carbocycles. The lowest BCUT2D eigenvalue weighted by molar-refractivity contribution is -0.133. The van der Waals surface area contributed by atoms with Gasteiger partial charge in [0.05, 0.1) is 6.04 Å². The van der Waals surface area contributed by atoms with Gasteiger partial charge in [-0.1, -0.05) is 6.92 Å². The van der Waals surface area contributed by atoms with Gasteiger partial charge in [-0.3, -0.25) is 14.7 Å². The normalized spacial score (nSPS) is 19.0. The Kier molecular flexibility index (Phi) is 5.28. The number of nitrogens with one attached hydrogen (secondary N) is 1. The molecule has 2 atom stereocenters. The van der Waals surface area contributed by atoms with Gasteiger partial charge in [0.15, 0.2) is 0 Å². The van der Waals surface area contributed by atoms with Gasteiger partial charge >= 0.3 is 0 Å². The van der Waals surface area contributed by atoms with Crippen molar-refractivity contribution in [3.05, 3.63) is 11.6 Å². The van der Waals surface area contributed by atoms with E-state index < -0.39 is 6.04 Å². The number of aromatic amines is 1. The number of hydrogen-bond donors (Lipinski definition) is 2. The molecule has 3 N–H and O–H groups in total. The first-order valence-electron chi connectivity index (χ1n) is 7.85. The Labute approximate surface area is 130 Å². The van der Waals surface area contributed by atoms with Crippen molar-refractivity contribution in [2.45, 2.75) is 46.1 Å². The number of rotatable bonds is 5. The van der Waals surface area contributed by atoms with Gasteiger partial charge in [0, 0.05) is 19.5 Å². The summed E-state index contributed by atoms with van der Waals surface area (Å²) in [6, 6.07) is -0.440. The number of likely N-dealkylation sites (tertiary alicyclic amines) is 1.